The Morgan fingerprint density at radius 3 is 2.19 bits per heavy atom. The van der Waals surface area contributed by atoms with Gasteiger partial charge in [-0.05, 0) is 45.4 Å². The van der Waals surface area contributed by atoms with Crippen molar-refractivity contribution in [3.63, 3.8) is 0 Å². The van der Waals surface area contributed by atoms with Gasteiger partial charge in [-0.2, -0.15) is 0 Å². The van der Waals surface area contributed by atoms with E-state index in [0.29, 0.717) is 17.9 Å². The van der Waals surface area contributed by atoms with E-state index >= 15 is 0 Å². The van der Waals surface area contributed by atoms with E-state index in [1.807, 2.05) is 25.7 Å². The van der Waals surface area contributed by atoms with Gasteiger partial charge in [-0.15, -0.1) is 0 Å². The van der Waals surface area contributed by atoms with Crippen LogP contribution >= 0.6 is 0 Å². The van der Waals surface area contributed by atoms with Crippen LogP contribution in [0.1, 0.15) is 33.6 Å². The predicted molar refractivity (Wildman–Crippen MR) is 62.0 cm³/mol. The monoisotopic (exact) mass is 226 g/mol. The average molecular weight is 226 g/mol. The summed E-state index contributed by atoms with van der Waals surface area (Å²) in [5.41, 5.74) is 5.52. The molecule has 0 bridgehead atoms. The van der Waals surface area contributed by atoms with E-state index < -0.39 is 5.60 Å². The minimum Gasteiger partial charge on any atom is -0.444 e. The van der Waals surface area contributed by atoms with Gasteiger partial charge in [0, 0.05) is 19.1 Å². The third-order valence-corrected chi connectivity index (χ3v) is 3.44. The summed E-state index contributed by atoms with van der Waals surface area (Å²) >= 11 is 0. The van der Waals surface area contributed by atoms with Gasteiger partial charge in [-0.3, -0.25) is 0 Å². The number of carbonyl (C=O) groups is 1. The SMILES string of the molecule is CC(C)(C)OC(=O)N1C[C@H]2C[C@@H](N)C[C@H]2C1. The van der Waals surface area contributed by atoms with Crippen LogP contribution in [0.5, 0.6) is 0 Å². The van der Waals surface area contributed by atoms with E-state index in [9.17, 15) is 4.79 Å². The molecule has 2 rings (SSSR count). The van der Waals surface area contributed by atoms with Gasteiger partial charge in [0.05, 0.1) is 0 Å². The normalized spacial score (nSPS) is 34.0. The van der Waals surface area contributed by atoms with Gasteiger partial charge in [0.15, 0.2) is 0 Å². The summed E-state index contributed by atoms with van der Waals surface area (Å²) in [6.07, 6.45) is 1.95. The molecule has 16 heavy (non-hydrogen) atoms. The zero-order valence-corrected chi connectivity index (χ0v) is 10.4. The first-order valence-corrected chi connectivity index (χ1v) is 6.08. The van der Waals surface area contributed by atoms with Gasteiger partial charge in [0.2, 0.25) is 0 Å². The first kappa shape index (κ1) is 11.7. The third-order valence-electron chi connectivity index (χ3n) is 3.44. The molecule has 2 fully saturated rings. The largest absolute Gasteiger partial charge is 0.444 e. The summed E-state index contributed by atoms with van der Waals surface area (Å²) in [6.45, 7) is 7.35. The van der Waals surface area contributed by atoms with Crippen molar-refractivity contribution in [2.75, 3.05) is 13.1 Å². The summed E-state index contributed by atoms with van der Waals surface area (Å²) in [5, 5.41) is 0. The smallest absolute Gasteiger partial charge is 0.410 e. The maximum absolute atomic E-state index is 11.8. The van der Waals surface area contributed by atoms with Crippen molar-refractivity contribution >= 4 is 6.09 Å². The molecule has 0 spiro atoms. The van der Waals surface area contributed by atoms with Gasteiger partial charge in [0.25, 0.3) is 0 Å². The molecule has 1 heterocycles. The molecule has 2 N–H and O–H groups in total. The molecule has 0 aromatic heterocycles. The van der Waals surface area contributed by atoms with Crippen LogP contribution in [0.25, 0.3) is 0 Å². The highest BCUT2D eigenvalue weighted by atomic mass is 16.6. The van der Waals surface area contributed by atoms with Crippen molar-refractivity contribution in [1.82, 2.24) is 4.90 Å². The second-order valence-corrected chi connectivity index (χ2v) is 6.14. The molecule has 1 saturated heterocycles. The lowest BCUT2D eigenvalue weighted by atomic mass is 10.0. The number of likely N-dealkylation sites (tertiary alicyclic amines) is 1. The predicted octanol–water partition coefficient (Wildman–Crippen LogP) is 1.59. The summed E-state index contributed by atoms with van der Waals surface area (Å²) in [4.78, 5) is 13.7. The van der Waals surface area contributed by atoms with Crippen LogP contribution in [0.15, 0.2) is 0 Å². The number of hydrogen-bond acceptors (Lipinski definition) is 3. The minimum absolute atomic E-state index is 0.171. The van der Waals surface area contributed by atoms with Crippen molar-refractivity contribution < 1.29 is 9.53 Å². The second kappa shape index (κ2) is 3.91. The summed E-state index contributed by atoms with van der Waals surface area (Å²) < 4.78 is 5.37. The fraction of sp³-hybridized carbons (Fsp3) is 0.917. The molecule has 3 atom stereocenters. The molecular formula is C12H22N2O2. The maximum atomic E-state index is 11.8. The quantitative estimate of drug-likeness (QED) is 0.682. The highest BCUT2D eigenvalue weighted by molar-refractivity contribution is 5.68. The molecule has 0 unspecified atom stereocenters. The van der Waals surface area contributed by atoms with E-state index in [1.165, 1.54) is 0 Å². The van der Waals surface area contributed by atoms with Crippen molar-refractivity contribution in [2.45, 2.75) is 45.3 Å². The molecule has 2 aliphatic rings. The van der Waals surface area contributed by atoms with E-state index in [1.54, 1.807) is 0 Å². The van der Waals surface area contributed by atoms with Crippen LogP contribution < -0.4 is 5.73 Å². The number of fused-ring (bicyclic) bond motifs is 1. The van der Waals surface area contributed by atoms with Crippen LogP contribution in [0.4, 0.5) is 4.79 Å². The van der Waals surface area contributed by atoms with Crippen molar-refractivity contribution in [3.05, 3.63) is 0 Å². The van der Waals surface area contributed by atoms with Gasteiger partial charge in [-0.25, -0.2) is 4.79 Å². The number of hydrogen-bond donors (Lipinski definition) is 1. The number of ether oxygens (including phenoxy) is 1. The molecule has 1 saturated carbocycles. The molecule has 0 aromatic carbocycles. The van der Waals surface area contributed by atoms with Crippen LogP contribution in [0, 0.1) is 11.8 Å². The molecule has 92 valence electrons. The maximum Gasteiger partial charge on any atom is 0.410 e. The molecule has 0 aromatic rings. The van der Waals surface area contributed by atoms with Crippen LogP contribution in [0.2, 0.25) is 0 Å². The summed E-state index contributed by atoms with van der Waals surface area (Å²) in [7, 11) is 0. The van der Waals surface area contributed by atoms with Crippen molar-refractivity contribution in [1.29, 1.82) is 0 Å². The fourth-order valence-electron chi connectivity index (χ4n) is 2.82. The summed E-state index contributed by atoms with van der Waals surface area (Å²) in [6, 6.07) is 0.343. The number of amides is 1. The molecule has 1 aliphatic carbocycles. The second-order valence-electron chi connectivity index (χ2n) is 6.14. The Bertz CT molecular complexity index is 271. The Kier molecular flexibility index (Phi) is 2.86. The lowest BCUT2D eigenvalue weighted by Crippen LogP contribution is -2.36. The third kappa shape index (κ3) is 2.48. The van der Waals surface area contributed by atoms with Crippen LogP contribution in [-0.2, 0) is 4.74 Å². The Balaban J connectivity index is 1.88. The van der Waals surface area contributed by atoms with Crippen LogP contribution in [0.3, 0.4) is 0 Å². The first-order valence-electron chi connectivity index (χ1n) is 6.08. The van der Waals surface area contributed by atoms with Gasteiger partial charge < -0.3 is 15.4 Å². The van der Waals surface area contributed by atoms with E-state index in [0.717, 1.165) is 25.9 Å². The Morgan fingerprint density at radius 1 is 1.25 bits per heavy atom. The standard InChI is InChI=1S/C12H22N2O2/c1-12(2,3)16-11(15)14-6-8-4-10(13)5-9(8)7-14/h8-10H,4-7,13H2,1-3H3/t8-,9+,10-. The topological polar surface area (TPSA) is 55.6 Å². The fourth-order valence-corrected chi connectivity index (χ4v) is 2.82. The molecule has 1 amide bonds. The van der Waals surface area contributed by atoms with Gasteiger partial charge in [0.1, 0.15) is 5.60 Å². The van der Waals surface area contributed by atoms with Crippen molar-refractivity contribution in [3.8, 4) is 0 Å². The lowest BCUT2D eigenvalue weighted by Gasteiger charge is -2.25. The Labute approximate surface area is 97.1 Å². The van der Waals surface area contributed by atoms with E-state index in [2.05, 4.69) is 0 Å². The molecule has 4 nitrogen and oxygen atoms in total. The highest BCUT2D eigenvalue weighted by Crippen LogP contribution is 2.37. The van der Waals surface area contributed by atoms with E-state index in [-0.39, 0.29) is 6.09 Å². The lowest BCUT2D eigenvalue weighted by molar-refractivity contribution is 0.0279. The zero-order valence-electron chi connectivity index (χ0n) is 10.4. The average Bonchev–Trinajstić information content (AvgIpc) is 2.56. The molecular weight excluding hydrogens is 204 g/mol. The Morgan fingerprint density at radius 2 is 1.75 bits per heavy atom. The van der Waals surface area contributed by atoms with Crippen LogP contribution in [-0.4, -0.2) is 35.7 Å². The minimum atomic E-state index is -0.398. The highest BCUT2D eigenvalue weighted by Gasteiger charge is 2.42. The van der Waals surface area contributed by atoms with Gasteiger partial charge >= 0.3 is 6.09 Å². The molecule has 1 aliphatic heterocycles. The van der Waals surface area contributed by atoms with Gasteiger partial charge in [-0.1, -0.05) is 0 Å². The number of rotatable bonds is 0. The van der Waals surface area contributed by atoms with Crippen molar-refractivity contribution in [2.24, 2.45) is 17.6 Å². The number of nitrogens with two attached hydrogens (primary N) is 1. The zero-order chi connectivity index (χ0) is 11.9. The summed E-state index contributed by atoms with van der Waals surface area (Å²) in [5.74, 6) is 1.20. The first-order chi connectivity index (χ1) is 7.35. The Hall–Kier alpha value is -0.770. The molecule has 4 heteroatoms. The van der Waals surface area contributed by atoms with E-state index in [4.69, 9.17) is 10.5 Å². The number of nitrogens with zero attached hydrogens (tertiary/aromatic N) is 1. The molecule has 0 radical (unpaired) electrons. The number of carbonyl (C=O) groups excluding carboxylic acids is 1.